The molecule has 1 aliphatic heterocycles. The maximum Gasteiger partial charge on any atom is 0.256 e. The Morgan fingerprint density at radius 1 is 1.07 bits per heavy atom. The second-order valence-corrected chi connectivity index (χ2v) is 7.65. The normalized spacial score (nSPS) is 19.4. The summed E-state index contributed by atoms with van der Waals surface area (Å²) in [5.41, 5.74) is 4.20. The molecule has 4 rings (SSSR count). The van der Waals surface area contributed by atoms with Crippen LogP contribution in [0.1, 0.15) is 65.1 Å². The number of likely N-dealkylation sites (tertiary alicyclic amines) is 1. The highest BCUT2D eigenvalue weighted by Gasteiger charge is 2.35. The van der Waals surface area contributed by atoms with Crippen molar-refractivity contribution in [2.24, 2.45) is 0 Å². The van der Waals surface area contributed by atoms with Gasteiger partial charge in [-0.1, -0.05) is 0 Å². The Kier molecular flexibility index (Phi) is 4.62. The average molecular weight is 368 g/mol. The van der Waals surface area contributed by atoms with Gasteiger partial charge in [-0.2, -0.15) is 0 Å². The number of aromatic nitrogens is 1. The number of hydrogen-bond donors (Lipinski definition) is 0. The molecule has 5 nitrogen and oxygen atoms in total. The first-order chi connectivity index (χ1) is 13.0. The Balaban J connectivity index is 1.66. The molecule has 1 amide bonds. The lowest BCUT2D eigenvalue weighted by Gasteiger charge is -2.26. The third-order valence-corrected chi connectivity index (χ3v) is 5.94. The molecule has 5 heteroatoms. The summed E-state index contributed by atoms with van der Waals surface area (Å²) in [5.74, 6) is 1.68. The van der Waals surface area contributed by atoms with Crippen molar-refractivity contribution >= 4 is 5.91 Å². The summed E-state index contributed by atoms with van der Waals surface area (Å²) in [5, 5.41) is 0. The first kappa shape index (κ1) is 18.0. The predicted molar refractivity (Wildman–Crippen MR) is 105 cm³/mol. The molecule has 1 aromatic heterocycles. The van der Waals surface area contributed by atoms with E-state index in [2.05, 4.69) is 24.5 Å². The molecule has 0 spiro atoms. The molecule has 1 aliphatic carbocycles. The van der Waals surface area contributed by atoms with Gasteiger partial charge in [0.15, 0.2) is 0 Å². The molecule has 1 aromatic carbocycles. The monoisotopic (exact) mass is 368 g/mol. The van der Waals surface area contributed by atoms with Crippen molar-refractivity contribution in [1.82, 2.24) is 9.47 Å². The molecule has 144 valence electrons. The zero-order chi connectivity index (χ0) is 19.1. The van der Waals surface area contributed by atoms with Crippen LogP contribution < -0.4 is 9.47 Å². The van der Waals surface area contributed by atoms with E-state index >= 15 is 0 Å². The number of ether oxygens (including phenoxy) is 2. The minimum atomic E-state index is 0.0438. The van der Waals surface area contributed by atoms with E-state index in [1.807, 2.05) is 23.1 Å². The lowest BCUT2D eigenvalue weighted by Crippen LogP contribution is -2.31. The Bertz CT molecular complexity index is 867. The Hall–Kier alpha value is -2.43. The van der Waals surface area contributed by atoms with Gasteiger partial charge in [0.2, 0.25) is 0 Å². The fourth-order valence-electron chi connectivity index (χ4n) is 4.47. The van der Waals surface area contributed by atoms with Crippen LogP contribution in [0.2, 0.25) is 0 Å². The first-order valence-electron chi connectivity index (χ1n) is 9.76. The predicted octanol–water partition coefficient (Wildman–Crippen LogP) is 4.43. The Morgan fingerprint density at radius 3 is 2.52 bits per heavy atom. The molecule has 2 heterocycles. The average Bonchev–Trinajstić information content (AvgIpc) is 3.30. The van der Waals surface area contributed by atoms with Crippen LogP contribution in [-0.2, 0) is 0 Å². The van der Waals surface area contributed by atoms with E-state index in [-0.39, 0.29) is 11.9 Å². The minimum absolute atomic E-state index is 0.0438. The maximum atomic E-state index is 13.4. The zero-order valence-electron chi connectivity index (χ0n) is 16.6. The SMILES string of the molecule is COc1ccc([C@@H]2CCCN2C(=O)c2cc(C)n(C3CC3)c2C)c(OC)c1. The summed E-state index contributed by atoms with van der Waals surface area (Å²) in [6.45, 7) is 4.97. The fourth-order valence-corrected chi connectivity index (χ4v) is 4.47. The molecule has 1 saturated carbocycles. The van der Waals surface area contributed by atoms with Gasteiger partial charge in [-0.25, -0.2) is 0 Å². The number of hydrogen-bond acceptors (Lipinski definition) is 3. The summed E-state index contributed by atoms with van der Waals surface area (Å²) < 4.78 is 13.3. The van der Waals surface area contributed by atoms with Gasteiger partial charge in [0, 0.05) is 35.6 Å². The van der Waals surface area contributed by atoms with Crippen molar-refractivity contribution in [1.29, 1.82) is 0 Å². The van der Waals surface area contributed by atoms with Crippen LogP contribution in [0.25, 0.3) is 0 Å². The van der Waals surface area contributed by atoms with Crippen molar-refractivity contribution < 1.29 is 14.3 Å². The zero-order valence-corrected chi connectivity index (χ0v) is 16.6. The maximum absolute atomic E-state index is 13.4. The van der Waals surface area contributed by atoms with Crippen molar-refractivity contribution in [3.8, 4) is 11.5 Å². The lowest BCUT2D eigenvalue weighted by molar-refractivity contribution is 0.0733. The number of aryl methyl sites for hydroxylation is 1. The topological polar surface area (TPSA) is 43.7 Å². The van der Waals surface area contributed by atoms with E-state index in [1.165, 1.54) is 18.5 Å². The van der Waals surface area contributed by atoms with Crippen LogP contribution in [0.5, 0.6) is 11.5 Å². The van der Waals surface area contributed by atoms with Crippen LogP contribution in [-0.4, -0.2) is 36.1 Å². The summed E-state index contributed by atoms with van der Waals surface area (Å²) in [6, 6.07) is 8.57. The molecular formula is C22H28N2O3. The van der Waals surface area contributed by atoms with Crippen LogP contribution in [0.3, 0.4) is 0 Å². The largest absolute Gasteiger partial charge is 0.497 e. The molecular weight excluding hydrogens is 340 g/mol. The van der Waals surface area contributed by atoms with Gasteiger partial charge in [-0.3, -0.25) is 4.79 Å². The number of carbonyl (C=O) groups is 1. The van der Waals surface area contributed by atoms with Crippen LogP contribution in [0.4, 0.5) is 0 Å². The van der Waals surface area contributed by atoms with Gasteiger partial charge in [-0.05, 0) is 57.7 Å². The van der Waals surface area contributed by atoms with Gasteiger partial charge < -0.3 is 18.9 Å². The molecule has 1 saturated heterocycles. The number of carbonyl (C=O) groups excluding carboxylic acids is 1. The van der Waals surface area contributed by atoms with Crippen molar-refractivity contribution in [2.75, 3.05) is 20.8 Å². The Morgan fingerprint density at radius 2 is 1.85 bits per heavy atom. The first-order valence-corrected chi connectivity index (χ1v) is 9.76. The van der Waals surface area contributed by atoms with Gasteiger partial charge in [0.05, 0.1) is 25.8 Å². The second-order valence-electron chi connectivity index (χ2n) is 7.65. The van der Waals surface area contributed by atoms with Gasteiger partial charge >= 0.3 is 0 Å². The summed E-state index contributed by atoms with van der Waals surface area (Å²) >= 11 is 0. The molecule has 1 atom stereocenters. The van der Waals surface area contributed by atoms with Gasteiger partial charge in [-0.15, -0.1) is 0 Å². The van der Waals surface area contributed by atoms with Crippen LogP contribution in [0.15, 0.2) is 24.3 Å². The number of nitrogens with zero attached hydrogens (tertiary/aromatic N) is 2. The molecule has 2 aromatic rings. The summed E-state index contributed by atoms with van der Waals surface area (Å²) in [4.78, 5) is 15.4. The third kappa shape index (κ3) is 3.09. The highest BCUT2D eigenvalue weighted by molar-refractivity contribution is 5.96. The molecule has 0 radical (unpaired) electrons. The highest BCUT2D eigenvalue weighted by Crippen LogP contribution is 2.41. The van der Waals surface area contributed by atoms with E-state index in [1.54, 1.807) is 14.2 Å². The van der Waals surface area contributed by atoms with E-state index in [4.69, 9.17) is 9.47 Å². The minimum Gasteiger partial charge on any atom is -0.497 e. The quantitative estimate of drug-likeness (QED) is 0.784. The van der Waals surface area contributed by atoms with Crippen molar-refractivity contribution in [2.45, 2.75) is 51.6 Å². The van der Waals surface area contributed by atoms with Crippen molar-refractivity contribution in [3.63, 3.8) is 0 Å². The van der Waals surface area contributed by atoms with Crippen LogP contribution >= 0.6 is 0 Å². The second kappa shape index (κ2) is 6.95. The number of amides is 1. The standard InChI is InChI=1S/C22H28N2O3/c1-14-12-19(15(2)24(14)16-7-8-16)22(25)23-11-5-6-20(23)18-10-9-17(26-3)13-21(18)27-4/h9-10,12-13,16,20H,5-8,11H2,1-4H3/t20-/m0/s1. The van der Waals surface area contributed by atoms with E-state index in [9.17, 15) is 4.79 Å². The fraction of sp³-hybridized carbons (Fsp3) is 0.500. The molecule has 2 aliphatic rings. The highest BCUT2D eigenvalue weighted by atomic mass is 16.5. The molecule has 27 heavy (non-hydrogen) atoms. The number of rotatable bonds is 5. The molecule has 0 N–H and O–H groups in total. The third-order valence-electron chi connectivity index (χ3n) is 5.94. The summed E-state index contributed by atoms with van der Waals surface area (Å²) in [7, 11) is 3.32. The number of benzene rings is 1. The molecule has 2 fully saturated rings. The Labute approximate surface area is 160 Å². The molecule has 0 unspecified atom stereocenters. The number of methoxy groups -OCH3 is 2. The lowest BCUT2D eigenvalue weighted by atomic mass is 10.0. The van der Waals surface area contributed by atoms with Gasteiger partial charge in [0.25, 0.3) is 5.91 Å². The summed E-state index contributed by atoms with van der Waals surface area (Å²) in [6.07, 6.45) is 4.40. The van der Waals surface area contributed by atoms with Gasteiger partial charge in [0.1, 0.15) is 11.5 Å². The molecule has 0 bridgehead atoms. The van der Waals surface area contributed by atoms with Crippen molar-refractivity contribution in [3.05, 3.63) is 46.8 Å². The van der Waals surface area contributed by atoms with E-state index in [0.717, 1.165) is 47.7 Å². The smallest absolute Gasteiger partial charge is 0.256 e. The van der Waals surface area contributed by atoms with Crippen LogP contribution in [0, 0.1) is 13.8 Å². The van der Waals surface area contributed by atoms with E-state index in [0.29, 0.717) is 6.04 Å². The van der Waals surface area contributed by atoms with E-state index < -0.39 is 0 Å².